The molecular formula is C37H23N3O. The fourth-order valence-electron chi connectivity index (χ4n) is 5.57. The van der Waals surface area contributed by atoms with Crippen molar-refractivity contribution in [3.63, 3.8) is 0 Å². The molecule has 4 heteroatoms. The van der Waals surface area contributed by atoms with Crippen LogP contribution in [0.4, 0.5) is 0 Å². The molecule has 0 aliphatic rings. The monoisotopic (exact) mass is 525 g/mol. The molecule has 3 heterocycles. The highest BCUT2D eigenvalue weighted by molar-refractivity contribution is 6.13. The zero-order valence-electron chi connectivity index (χ0n) is 22.0. The summed E-state index contributed by atoms with van der Waals surface area (Å²) < 4.78 is 6.00. The van der Waals surface area contributed by atoms with Crippen molar-refractivity contribution < 1.29 is 4.42 Å². The molecular weight excluding hydrogens is 502 g/mol. The normalized spacial score (nSPS) is 11.4. The van der Waals surface area contributed by atoms with E-state index >= 15 is 0 Å². The molecule has 4 nitrogen and oxygen atoms in total. The number of aromatic nitrogens is 3. The van der Waals surface area contributed by atoms with E-state index in [1.807, 2.05) is 48.8 Å². The minimum absolute atomic E-state index is 0.619. The van der Waals surface area contributed by atoms with Crippen molar-refractivity contribution in [1.82, 2.24) is 15.0 Å². The van der Waals surface area contributed by atoms with Crippen molar-refractivity contribution in [3.05, 3.63) is 140 Å². The number of benzene rings is 5. The zero-order valence-corrected chi connectivity index (χ0v) is 22.0. The molecule has 8 aromatic rings. The summed E-state index contributed by atoms with van der Waals surface area (Å²) in [6.07, 6.45) is 3.62. The Labute approximate surface area is 236 Å². The largest absolute Gasteiger partial charge is 0.436 e. The molecule has 5 aromatic carbocycles. The highest BCUT2D eigenvalue weighted by atomic mass is 16.3. The third kappa shape index (κ3) is 4.14. The Balaban J connectivity index is 1.30. The van der Waals surface area contributed by atoms with Crippen molar-refractivity contribution in [1.29, 1.82) is 0 Å². The Morgan fingerprint density at radius 2 is 1.15 bits per heavy atom. The van der Waals surface area contributed by atoms with E-state index in [2.05, 4.69) is 101 Å². The molecule has 0 aliphatic carbocycles. The van der Waals surface area contributed by atoms with Crippen LogP contribution in [0, 0.1) is 0 Å². The second kappa shape index (κ2) is 9.54. The van der Waals surface area contributed by atoms with Crippen LogP contribution in [0.2, 0.25) is 0 Å². The van der Waals surface area contributed by atoms with E-state index < -0.39 is 0 Å². The first-order valence-electron chi connectivity index (χ1n) is 13.6. The molecule has 0 unspecified atom stereocenters. The van der Waals surface area contributed by atoms with Gasteiger partial charge in [-0.3, -0.25) is 4.98 Å². The summed E-state index contributed by atoms with van der Waals surface area (Å²) in [5.74, 6) is 0.619. The molecule has 0 saturated carbocycles. The van der Waals surface area contributed by atoms with Crippen LogP contribution >= 0.6 is 0 Å². The van der Waals surface area contributed by atoms with Gasteiger partial charge in [0.1, 0.15) is 5.52 Å². The average molecular weight is 526 g/mol. The quantitative estimate of drug-likeness (QED) is 0.215. The molecule has 0 bridgehead atoms. The summed E-state index contributed by atoms with van der Waals surface area (Å²) in [5.41, 5.74) is 8.73. The van der Waals surface area contributed by atoms with Gasteiger partial charge >= 0.3 is 0 Å². The molecule has 0 atom stereocenters. The van der Waals surface area contributed by atoms with Gasteiger partial charge in [0.15, 0.2) is 5.58 Å². The molecule has 0 radical (unpaired) electrons. The van der Waals surface area contributed by atoms with E-state index in [1.54, 1.807) is 0 Å². The van der Waals surface area contributed by atoms with Crippen LogP contribution in [0.5, 0.6) is 0 Å². The zero-order chi connectivity index (χ0) is 27.2. The third-order valence-electron chi connectivity index (χ3n) is 7.60. The predicted molar refractivity (Wildman–Crippen MR) is 166 cm³/mol. The van der Waals surface area contributed by atoms with Crippen molar-refractivity contribution in [2.24, 2.45) is 0 Å². The third-order valence-corrected chi connectivity index (χ3v) is 7.60. The molecule has 0 N–H and O–H groups in total. The summed E-state index contributed by atoms with van der Waals surface area (Å²) in [5, 5.41) is 4.84. The summed E-state index contributed by atoms with van der Waals surface area (Å²) in [4.78, 5) is 14.1. The van der Waals surface area contributed by atoms with Gasteiger partial charge < -0.3 is 4.42 Å². The summed E-state index contributed by atoms with van der Waals surface area (Å²) in [6.45, 7) is 0. The van der Waals surface area contributed by atoms with Gasteiger partial charge in [-0.15, -0.1) is 0 Å². The summed E-state index contributed by atoms with van der Waals surface area (Å²) >= 11 is 0. The molecule has 0 spiro atoms. The Bertz CT molecular complexity index is 2170. The van der Waals surface area contributed by atoms with Crippen LogP contribution in [0.1, 0.15) is 0 Å². The van der Waals surface area contributed by atoms with Crippen LogP contribution in [-0.4, -0.2) is 15.0 Å². The first kappa shape index (κ1) is 23.3. The minimum Gasteiger partial charge on any atom is -0.436 e. The van der Waals surface area contributed by atoms with E-state index in [9.17, 15) is 0 Å². The fourth-order valence-corrected chi connectivity index (χ4v) is 5.57. The van der Waals surface area contributed by atoms with Crippen LogP contribution in [0.3, 0.4) is 0 Å². The number of pyridine rings is 2. The van der Waals surface area contributed by atoms with E-state index in [4.69, 9.17) is 9.40 Å². The molecule has 0 aliphatic heterocycles. The molecule has 0 amide bonds. The lowest BCUT2D eigenvalue weighted by Crippen LogP contribution is -1.93. The van der Waals surface area contributed by atoms with E-state index in [0.717, 1.165) is 50.3 Å². The minimum atomic E-state index is 0.619. The van der Waals surface area contributed by atoms with Crippen LogP contribution < -0.4 is 0 Å². The van der Waals surface area contributed by atoms with Crippen LogP contribution in [0.15, 0.2) is 144 Å². The number of hydrogen-bond acceptors (Lipinski definition) is 4. The molecule has 41 heavy (non-hydrogen) atoms. The smallest absolute Gasteiger partial charge is 0.227 e. The maximum Gasteiger partial charge on any atom is 0.227 e. The van der Waals surface area contributed by atoms with Gasteiger partial charge in [0.2, 0.25) is 5.89 Å². The second-order valence-electron chi connectivity index (χ2n) is 10.1. The van der Waals surface area contributed by atoms with Crippen molar-refractivity contribution in [2.75, 3.05) is 0 Å². The molecule has 8 rings (SSSR count). The van der Waals surface area contributed by atoms with E-state index in [0.29, 0.717) is 5.89 Å². The van der Waals surface area contributed by atoms with Gasteiger partial charge in [-0.1, -0.05) is 72.8 Å². The SMILES string of the molecule is c1ccc2c(c1)cc(-c1cc(-c3ccc(-c4nc5ccccc5o4)cc3)cc(-c3ccncc3)n1)c1ccccc12. The van der Waals surface area contributed by atoms with Gasteiger partial charge in [0.25, 0.3) is 0 Å². The van der Waals surface area contributed by atoms with Crippen molar-refractivity contribution in [3.8, 4) is 45.1 Å². The summed E-state index contributed by atoms with van der Waals surface area (Å²) in [6, 6.07) is 43.9. The highest BCUT2D eigenvalue weighted by Gasteiger charge is 2.14. The lowest BCUT2D eigenvalue weighted by molar-refractivity contribution is 0.620. The Morgan fingerprint density at radius 1 is 0.463 bits per heavy atom. The van der Waals surface area contributed by atoms with E-state index in [-0.39, 0.29) is 0 Å². The molecule has 0 fully saturated rings. The van der Waals surface area contributed by atoms with E-state index in [1.165, 1.54) is 21.5 Å². The lowest BCUT2D eigenvalue weighted by atomic mass is 9.93. The first-order chi connectivity index (χ1) is 20.3. The number of hydrogen-bond donors (Lipinski definition) is 0. The number of nitrogens with zero attached hydrogens (tertiary/aromatic N) is 3. The summed E-state index contributed by atoms with van der Waals surface area (Å²) in [7, 11) is 0. The van der Waals surface area contributed by atoms with Crippen LogP contribution in [0.25, 0.3) is 77.7 Å². The van der Waals surface area contributed by atoms with Crippen molar-refractivity contribution in [2.45, 2.75) is 0 Å². The Kier molecular flexibility index (Phi) is 5.42. The van der Waals surface area contributed by atoms with Gasteiger partial charge in [-0.2, -0.15) is 0 Å². The maximum atomic E-state index is 6.00. The first-order valence-corrected chi connectivity index (χ1v) is 13.6. The van der Waals surface area contributed by atoms with Gasteiger partial charge in [-0.25, -0.2) is 9.97 Å². The van der Waals surface area contributed by atoms with Gasteiger partial charge in [0, 0.05) is 29.1 Å². The Morgan fingerprint density at radius 3 is 1.98 bits per heavy atom. The van der Waals surface area contributed by atoms with Gasteiger partial charge in [-0.05, 0) is 87.3 Å². The van der Waals surface area contributed by atoms with Crippen molar-refractivity contribution >= 4 is 32.6 Å². The number of fused-ring (bicyclic) bond motifs is 4. The standard InChI is InChI=1S/C37H23N3O/c1-2-8-29-27(7-1)21-32(31-10-4-3-9-30(29)31)35-23-28(22-34(39-35)25-17-19-38-20-18-25)24-13-15-26(16-14-24)37-40-33-11-5-6-12-36(33)41-37/h1-23H. The average Bonchev–Trinajstić information content (AvgIpc) is 3.49. The highest BCUT2D eigenvalue weighted by Crippen LogP contribution is 2.37. The van der Waals surface area contributed by atoms with Gasteiger partial charge in [0.05, 0.1) is 11.4 Å². The predicted octanol–water partition coefficient (Wildman–Crippen LogP) is 9.59. The maximum absolute atomic E-state index is 6.00. The molecule has 0 saturated heterocycles. The molecule has 3 aromatic heterocycles. The van der Waals surface area contributed by atoms with Crippen LogP contribution in [-0.2, 0) is 0 Å². The number of para-hydroxylation sites is 2. The topological polar surface area (TPSA) is 51.8 Å². The number of oxazole rings is 1. The Hall–Kier alpha value is -5.61. The fraction of sp³-hybridized carbons (Fsp3) is 0. The number of rotatable bonds is 4. The lowest BCUT2D eigenvalue weighted by Gasteiger charge is -2.14. The molecule has 192 valence electrons. The second-order valence-corrected chi connectivity index (χ2v) is 10.1.